The van der Waals surface area contributed by atoms with Crippen molar-refractivity contribution in [2.75, 3.05) is 6.61 Å². The lowest BCUT2D eigenvalue weighted by atomic mass is 10.0. The quantitative estimate of drug-likeness (QED) is 0.210. The van der Waals surface area contributed by atoms with Gasteiger partial charge in [-0.15, -0.1) is 0 Å². The number of carbonyl (C=O) groups excluding carboxylic acids is 1. The fourth-order valence-electron chi connectivity index (χ4n) is 3.27. The molecule has 1 unspecified atom stereocenters. The van der Waals surface area contributed by atoms with Crippen molar-refractivity contribution in [2.24, 2.45) is 0 Å². The van der Waals surface area contributed by atoms with Crippen molar-refractivity contribution >= 4 is 5.97 Å². The second-order valence-electron chi connectivity index (χ2n) is 7.40. The number of aliphatic hydroxyl groups excluding tert-OH is 1. The molecule has 150 valence electrons. The molecule has 0 aliphatic carbocycles. The molecule has 0 heterocycles. The van der Waals surface area contributed by atoms with Gasteiger partial charge in [0.2, 0.25) is 0 Å². The summed E-state index contributed by atoms with van der Waals surface area (Å²) in [4.78, 5) is 11.2. The maximum Gasteiger partial charge on any atom is 0.308 e. The van der Waals surface area contributed by atoms with E-state index >= 15 is 0 Å². The number of ether oxygens (including phenoxy) is 1. The standard InChI is InChI=1S/C22H44O3/c1-3-5-6-7-8-9-10-11-12-13-14-15-16-17-18-19-21(23)20-22(24)25-4-2/h21,23H,3-20H2,1-2H3. The molecule has 1 N–H and O–H groups in total. The summed E-state index contributed by atoms with van der Waals surface area (Å²) in [5.41, 5.74) is 0. The Morgan fingerprint density at radius 1 is 0.720 bits per heavy atom. The van der Waals surface area contributed by atoms with Gasteiger partial charge in [-0.05, 0) is 13.3 Å². The van der Waals surface area contributed by atoms with Gasteiger partial charge < -0.3 is 9.84 Å². The normalized spacial score (nSPS) is 12.3. The van der Waals surface area contributed by atoms with Crippen LogP contribution in [0.25, 0.3) is 0 Å². The van der Waals surface area contributed by atoms with Crippen LogP contribution in [0.1, 0.15) is 123 Å². The van der Waals surface area contributed by atoms with Crippen LogP contribution in [-0.4, -0.2) is 23.8 Å². The SMILES string of the molecule is CCCCCCCCCCCCCCCCCC(O)CC(=O)OCC. The molecular weight excluding hydrogens is 312 g/mol. The van der Waals surface area contributed by atoms with E-state index in [1.165, 1.54) is 83.5 Å². The molecule has 0 aromatic rings. The first-order valence-electron chi connectivity index (χ1n) is 11.0. The van der Waals surface area contributed by atoms with Gasteiger partial charge in [-0.1, -0.05) is 103 Å². The van der Waals surface area contributed by atoms with Crippen molar-refractivity contribution in [3.05, 3.63) is 0 Å². The summed E-state index contributed by atoms with van der Waals surface area (Å²) in [6.07, 6.45) is 20.5. The third-order valence-electron chi connectivity index (χ3n) is 4.85. The lowest BCUT2D eigenvalue weighted by Crippen LogP contribution is -2.15. The van der Waals surface area contributed by atoms with Gasteiger partial charge >= 0.3 is 5.97 Å². The van der Waals surface area contributed by atoms with Gasteiger partial charge in [-0.2, -0.15) is 0 Å². The first kappa shape index (κ1) is 24.4. The molecule has 0 aromatic heterocycles. The number of aliphatic hydroxyl groups is 1. The Bertz CT molecular complexity index is 278. The molecule has 0 aliphatic heterocycles. The Balaban J connectivity index is 3.15. The van der Waals surface area contributed by atoms with Crippen LogP contribution in [0.4, 0.5) is 0 Å². The summed E-state index contributed by atoms with van der Waals surface area (Å²) in [7, 11) is 0. The molecular formula is C22H44O3. The number of hydrogen-bond donors (Lipinski definition) is 1. The fourth-order valence-corrected chi connectivity index (χ4v) is 3.27. The lowest BCUT2D eigenvalue weighted by molar-refractivity contribution is -0.145. The summed E-state index contributed by atoms with van der Waals surface area (Å²) in [6.45, 7) is 4.46. The van der Waals surface area contributed by atoms with Crippen molar-refractivity contribution in [2.45, 2.75) is 129 Å². The van der Waals surface area contributed by atoms with Crippen LogP contribution in [0.2, 0.25) is 0 Å². The zero-order chi connectivity index (χ0) is 18.6. The van der Waals surface area contributed by atoms with E-state index in [4.69, 9.17) is 4.74 Å². The molecule has 0 radical (unpaired) electrons. The smallest absolute Gasteiger partial charge is 0.308 e. The average Bonchev–Trinajstić information content (AvgIpc) is 2.58. The predicted octanol–water partition coefficient (Wildman–Crippen LogP) is 6.56. The predicted molar refractivity (Wildman–Crippen MR) is 107 cm³/mol. The average molecular weight is 357 g/mol. The topological polar surface area (TPSA) is 46.5 Å². The third-order valence-corrected chi connectivity index (χ3v) is 4.85. The lowest BCUT2D eigenvalue weighted by Gasteiger charge is -2.09. The highest BCUT2D eigenvalue weighted by atomic mass is 16.5. The molecule has 3 heteroatoms. The van der Waals surface area contributed by atoms with Crippen molar-refractivity contribution in [1.29, 1.82) is 0 Å². The Morgan fingerprint density at radius 2 is 1.12 bits per heavy atom. The van der Waals surface area contributed by atoms with Gasteiger partial charge in [-0.25, -0.2) is 0 Å². The van der Waals surface area contributed by atoms with E-state index in [-0.39, 0.29) is 12.4 Å². The molecule has 0 saturated heterocycles. The first-order valence-corrected chi connectivity index (χ1v) is 11.0. The van der Waals surface area contributed by atoms with Crippen LogP contribution in [0.3, 0.4) is 0 Å². The molecule has 1 atom stereocenters. The summed E-state index contributed by atoms with van der Waals surface area (Å²) in [5, 5.41) is 9.75. The number of esters is 1. The summed E-state index contributed by atoms with van der Waals surface area (Å²) in [5.74, 6) is -0.282. The van der Waals surface area contributed by atoms with E-state index in [1.54, 1.807) is 6.92 Å². The Labute approximate surface area is 156 Å². The van der Waals surface area contributed by atoms with Crippen LogP contribution in [0.15, 0.2) is 0 Å². The molecule has 0 spiro atoms. The van der Waals surface area contributed by atoms with E-state index < -0.39 is 6.10 Å². The minimum atomic E-state index is -0.527. The van der Waals surface area contributed by atoms with Gasteiger partial charge in [0.25, 0.3) is 0 Å². The molecule has 0 saturated carbocycles. The minimum absolute atomic E-state index is 0.145. The number of carbonyl (C=O) groups is 1. The van der Waals surface area contributed by atoms with Crippen LogP contribution in [0.5, 0.6) is 0 Å². The highest BCUT2D eigenvalue weighted by Gasteiger charge is 2.10. The van der Waals surface area contributed by atoms with Crippen LogP contribution < -0.4 is 0 Å². The Hall–Kier alpha value is -0.570. The second kappa shape index (κ2) is 19.8. The second-order valence-corrected chi connectivity index (χ2v) is 7.40. The van der Waals surface area contributed by atoms with E-state index in [9.17, 15) is 9.90 Å². The fraction of sp³-hybridized carbons (Fsp3) is 0.955. The van der Waals surface area contributed by atoms with Crippen molar-refractivity contribution in [3.8, 4) is 0 Å². The van der Waals surface area contributed by atoms with E-state index in [1.807, 2.05) is 0 Å². The molecule has 0 fully saturated rings. The maximum absolute atomic E-state index is 11.2. The van der Waals surface area contributed by atoms with Gasteiger partial charge in [0.1, 0.15) is 0 Å². The van der Waals surface area contributed by atoms with E-state index in [0.717, 1.165) is 19.3 Å². The summed E-state index contributed by atoms with van der Waals surface area (Å²) < 4.78 is 4.84. The van der Waals surface area contributed by atoms with Crippen LogP contribution in [-0.2, 0) is 9.53 Å². The van der Waals surface area contributed by atoms with Crippen molar-refractivity contribution < 1.29 is 14.6 Å². The van der Waals surface area contributed by atoms with Crippen molar-refractivity contribution in [3.63, 3.8) is 0 Å². The first-order chi connectivity index (χ1) is 12.2. The maximum atomic E-state index is 11.2. The number of unbranched alkanes of at least 4 members (excludes halogenated alkanes) is 14. The highest BCUT2D eigenvalue weighted by Crippen LogP contribution is 2.14. The van der Waals surface area contributed by atoms with E-state index in [2.05, 4.69) is 6.92 Å². The number of hydrogen-bond acceptors (Lipinski definition) is 3. The molecule has 25 heavy (non-hydrogen) atoms. The largest absolute Gasteiger partial charge is 0.466 e. The molecule has 0 amide bonds. The zero-order valence-corrected chi connectivity index (χ0v) is 17.1. The van der Waals surface area contributed by atoms with E-state index in [0.29, 0.717) is 6.61 Å². The Kier molecular flexibility index (Phi) is 19.3. The molecule has 0 bridgehead atoms. The summed E-state index contributed by atoms with van der Waals surface area (Å²) in [6, 6.07) is 0. The van der Waals surface area contributed by atoms with Crippen LogP contribution in [0, 0.1) is 0 Å². The number of rotatable bonds is 19. The molecule has 0 aromatic carbocycles. The van der Waals surface area contributed by atoms with Gasteiger partial charge in [0, 0.05) is 0 Å². The van der Waals surface area contributed by atoms with Gasteiger partial charge in [0.15, 0.2) is 0 Å². The zero-order valence-electron chi connectivity index (χ0n) is 17.1. The van der Waals surface area contributed by atoms with Gasteiger partial charge in [0.05, 0.1) is 19.1 Å². The monoisotopic (exact) mass is 356 g/mol. The van der Waals surface area contributed by atoms with Crippen molar-refractivity contribution in [1.82, 2.24) is 0 Å². The summed E-state index contributed by atoms with van der Waals surface area (Å²) >= 11 is 0. The minimum Gasteiger partial charge on any atom is -0.466 e. The highest BCUT2D eigenvalue weighted by molar-refractivity contribution is 5.69. The Morgan fingerprint density at radius 3 is 1.52 bits per heavy atom. The van der Waals surface area contributed by atoms with Crippen LogP contribution >= 0.6 is 0 Å². The molecule has 0 aliphatic rings. The van der Waals surface area contributed by atoms with Gasteiger partial charge in [-0.3, -0.25) is 4.79 Å². The molecule has 0 rings (SSSR count). The molecule has 3 nitrogen and oxygen atoms in total. The third kappa shape index (κ3) is 19.6.